The van der Waals surface area contributed by atoms with E-state index < -0.39 is 17.2 Å². The number of nitrogens with zero attached hydrogens (tertiary/aromatic N) is 2. The Hall–Kier alpha value is -5.08. The van der Waals surface area contributed by atoms with Crippen LogP contribution in [0.3, 0.4) is 0 Å². The summed E-state index contributed by atoms with van der Waals surface area (Å²) in [6.45, 7) is 0.622. The summed E-state index contributed by atoms with van der Waals surface area (Å²) >= 11 is 6.43. The first-order chi connectivity index (χ1) is 19.9. The van der Waals surface area contributed by atoms with Gasteiger partial charge in [-0.15, -0.1) is 0 Å². The number of amides is 1. The Balaban J connectivity index is 1.58. The van der Waals surface area contributed by atoms with E-state index in [1.807, 2.05) is 48.5 Å². The summed E-state index contributed by atoms with van der Waals surface area (Å²) in [5, 5.41) is 4.22. The average Bonchev–Trinajstić information content (AvgIpc) is 3.26. The van der Waals surface area contributed by atoms with E-state index in [-0.39, 0.29) is 17.9 Å². The van der Waals surface area contributed by atoms with Gasteiger partial charge in [0.05, 0.1) is 22.1 Å². The zero-order valence-corrected chi connectivity index (χ0v) is 22.7. The number of fused-ring (bicyclic) bond motifs is 2. The van der Waals surface area contributed by atoms with Gasteiger partial charge in [0.25, 0.3) is 11.5 Å². The molecule has 1 amide bonds. The fraction of sp³-hybridized carbons (Fsp3) is 0.0938. The normalized spacial score (nSPS) is 11.2. The van der Waals surface area contributed by atoms with Gasteiger partial charge in [-0.05, 0) is 60.0 Å². The van der Waals surface area contributed by atoms with Crippen molar-refractivity contribution in [3.05, 3.63) is 140 Å². The standard InChI is InChI=1S/C32H26ClN5O3/c33-22-13-14-27-25(18-22)28(38-31(40)24-11-4-5-12-26(24)36-32(38)41)29(37(27)19-21-9-6-10-23(34)17-21)30(39)35-16-15-20-7-2-1-3-8-20/h1-14,17-18H,15-16,19,34H2,(H,35,39)(H,36,41). The number of aromatic nitrogens is 3. The number of para-hydroxylation sites is 1. The lowest BCUT2D eigenvalue weighted by Gasteiger charge is -2.14. The first kappa shape index (κ1) is 26.2. The minimum Gasteiger partial charge on any atom is -0.399 e. The molecule has 0 saturated heterocycles. The summed E-state index contributed by atoms with van der Waals surface area (Å²) < 4.78 is 2.83. The second-order valence-corrected chi connectivity index (χ2v) is 10.2. The topological polar surface area (TPSA) is 115 Å². The first-order valence-electron chi connectivity index (χ1n) is 13.1. The number of carbonyl (C=O) groups is 1. The van der Waals surface area contributed by atoms with Crippen molar-refractivity contribution in [2.24, 2.45) is 0 Å². The molecular formula is C32H26ClN5O3. The van der Waals surface area contributed by atoms with Crippen molar-refractivity contribution in [2.75, 3.05) is 12.3 Å². The Morgan fingerprint density at radius 2 is 1.61 bits per heavy atom. The van der Waals surface area contributed by atoms with Crippen LogP contribution in [0.1, 0.15) is 21.6 Å². The second-order valence-electron chi connectivity index (χ2n) is 9.80. The molecular weight excluding hydrogens is 538 g/mol. The van der Waals surface area contributed by atoms with Gasteiger partial charge < -0.3 is 20.6 Å². The molecule has 6 aromatic rings. The summed E-state index contributed by atoms with van der Waals surface area (Å²) in [7, 11) is 0. The van der Waals surface area contributed by atoms with Crippen molar-refractivity contribution in [3.63, 3.8) is 0 Å². The maximum atomic E-state index is 14.0. The minimum absolute atomic E-state index is 0.167. The largest absolute Gasteiger partial charge is 0.399 e. The smallest absolute Gasteiger partial charge is 0.333 e. The van der Waals surface area contributed by atoms with Crippen LogP contribution in [0.25, 0.3) is 27.5 Å². The number of nitrogens with one attached hydrogen (secondary N) is 2. The molecule has 0 radical (unpaired) electrons. The first-order valence-corrected chi connectivity index (χ1v) is 13.5. The highest BCUT2D eigenvalue weighted by Gasteiger charge is 2.27. The molecule has 8 nitrogen and oxygen atoms in total. The fourth-order valence-corrected chi connectivity index (χ4v) is 5.39. The fourth-order valence-electron chi connectivity index (χ4n) is 5.22. The third-order valence-electron chi connectivity index (χ3n) is 7.08. The van der Waals surface area contributed by atoms with E-state index in [9.17, 15) is 14.4 Å². The Bertz CT molecular complexity index is 2040. The van der Waals surface area contributed by atoms with E-state index in [4.69, 9.17) is 17.3 Å². The van der Waals surface area contributed by atoms with Crippen LogP contribution in [-0.2, 0) is 13.0 Å². The lowest BCUT2D eigenvalue weighted by atomic mass is 10.1. The Kier molecular flexibility index (Phi) is 6.91. The third kappa shape index (κ3) is 5.01. The van der Waals surface area contributed by atoms with E-state index in [1.165, 1.54) is 0 Å². The number of H-pyrrole nitrogens is 1. The van der Waals surface area contributed by atoms with Crippen LogP contribution < -0.4 is 22.3 Å². The van der Waals surface area contributed by atoms with Gasteiger partial charge in [-0.25, -0.2) is 9.36 Å². The molecule has 0 bridgehead atoms. The molecule has 0 fully saturated rings. The summed E-state index contributed by atoms with van der Waals surface area (Å²) in [5.74, 6) is -0.424. The van der Waals surface area contributed by atoms with E-state index in [0.29, 0.717) is 45.5 Å². The number of aromatic amines is 1. The third-order valence-corrected chi connectivity index (χ3v) is 7.31. The quantitative estimate of drug-likeness (QED) is 0.240. The number of halogens is 1. The van der Waals surface area contributed by atoms with Crippen LogP contribution in [-0.4, -0.2) is 26.6 Å². The SMILES string of the molecule is Nc1cccc(Cn2c(C(=O)NCCc3ccccc3)c(-n3c(=O)[nH]c4ccccc4c3=O)c3cc(Cl)ccc32)c1. The van der Waals surface area contributed by atoms with E-state index in [2.05, 4.69) is 10.3 Å². The monoisotopic (exact) mass is 563 g/mol. The van der Waals surface area contributed by atoms with E-state index in [0.717, 1.165) is 15.7 Å². The van der Waals surface area contributed by atoms with Crippen molar-refractivity contribution in [2.45, 2.75) is 13.0 Å². The highest BCUT2D eigenvalue weighted by molar-refractivity contribution is 6.31. The van der Waals surface area contributed by atoms with Crippen LogP contribution in [0.2, 0.25) is 5.02 Å². The van der Waals surface area contributed by atoms with Crippen LogP contribution in [0.5, 0.6) is 0 Å². The van der Waals surface area contributed by atoms with Gasteiger partial charge in [0.2, 0.25) is 0 Å². The Morgan fingerprint density at radius 3 is 2.41 bits per heavy atom. The zero-order valence-electron chi connectivity index (χ0n) is 21.9. The number of benzene rings is 4. The summed E-state index contributed by atoms with van der Waals surface area (Å²) in [5.41, 5.74) is 8.75. The molecule has 2 aromatic heterocycles. The lowest BCUT2D eigenvalue weighted by Crippen LogP contribution is -2.36. The molecule has 0 aliphatic rings. The van der Waals surface area contributed by atoms with Crippen molar-refractivity contribution >= 4 is 45.0 Å². The van der Waals surface area contributed by atoms with Gasteiger partial charge in [0.15, 0.2) is 0 Å². The maximum absolute atomic E-state index is 14.0. The second kappa shape index (κ2) is 10.8. The Labute approximate surface area is 239 Å². The van der Waals surface area contributed by atoms with Crippen LogP contribution >= 0.6 is 11.6 Å². The number of nitrogens with two attached hydrogens (primary N) is 1. The van der Waals surface area contributed by atoms with E-state index in [1.54, 1.807) is 53.1 Å². The van der Waals surface area contributed by atoms with Gasteiger partial charge in [0.1, 0.15) is 5.69 Å². The predicted molar refractivity (Wildman–Crippen MR) is 163 cm³/mol. The van der Waals surface area contributed by atoms with Gasteiger partial charge in [0, 0.05) is 29.2 Å². The molecule has 41 heavy (non-hydrogen) atoms. The number of rotatable bonds is 7. The molecule has 4 aromatic carbocycles. The van der Waals surface area contributed by atoms with Crippen molar-refractivity contribution in [1.82, 2.24) is 19.4 Å². The lowest BCUT2D eigenvalue weighted by molar-refractivity contribution is 0.0945. The number of carbonyl (C=O) groups excluding carboxylic acids is 1. The molecule has 0 aliphatic carbocycles. The number of nitrogen functional groups attached to an aromatic ring is 1. The number of hydrogen-bond donors (Lipinski definition) is 3. The molecule has 9 heteroatoms. The molecule has 0 saturated carbocycles. The molecule has 0 spiro atoms. The minimum atomic E-state index is -0.657. The average molecular weight is 564 g/mol. The molecule has 0 atom stereocenters. The molecule has 0 aliphatic heterocycles. The maximum Gasteiger partial charge on any atom is 0.333 e. The molecule has 6 rings (SSSR count). The van der Waals surface area contributed by atoms with Gasteiger partial charge in [-0.1, -0.05) is 66.2 Å². The summed E-state index contributed by atoms with van der Waals surface area (Å²) in [6, 6.07) is 29.1. The number of anilines is 1. The molecule has 2 heterocycles. The van der Waals surface area contributed by atoms with Crippen LogP contribution in [0.15, 0.2) is 107 Å². The van der Waals surface area contributed by atoms with Crippen LogP contribution in [0, 0.1) is 0 Å². The molecule has 0 unspecified atom stereocenters. The summed E-state index contributed by atoms with van der Waals surface area (Å²) in [4.78, 5) is 44.1. The van der Waals surface area contributed by atoms with Crippen molar-refractivity contribution < 1.29 is 4.79 Å². The van der Waals surface area contributed by atoms with Crippen molar-refractivity contribution in [3.8, 4) is 5.69 Å². The Morgan fingerprint density at radius 1 is 0.854 bits per heavy atom. The van der Waals surface area contributed by atoms with E-state index >= 15 is 0 Å². The molecule has 204 valence electrons. The van der Waals surface area contributed by atoms with Gasteiger partial charge in [-0.3, -0.25) is 9.59 Å². The number of hydrogen-bond acceptors (Lipinski definition) is 4. The van der Waals surface area contributed by atoms with Crippen LogP contribution in [0.4, 0.5) is 5.69 Å². The van der Waals surface area contributed by atoms with Crippen molar-refractivity contribution in [1.29, 1.82) is 0 Å². The van der Waals surface area contributed by atoms with Gasteiger partial charge in [-0.2, -0.15) is 0 Å². The summed E-state index contributed by atoms with van der Waals surface area (Å²) in [6.07, 6.45) is 0.611. The highest BCUT2D eigenvalue weighted by atomic mass is 35.5. The zero-order chi connectivity index (χ0) is 28.5. The van der Waals surface area contributed by atoms with Gasteiger partial charge >= 0.3 is 5.69 Å². The molecule has 4 N–H and O–H groups in total. The predicted octanol–water partition coefficient (Wildman–Crippen LogP) is 4.89. The highest BCUT2D eigenvalue weighted by Crippen LogP contribution is 2.32.